The first-order valence-corrected chi connectivity index (χ1v) is 11.4. The van der Waals surface area contributed by atoms with Crippen molar-refractivity contribution in [3.05, 3.63) is 83.3 Å². The highest BCUT2D eigenvalue weighted by Gasteiger charge is 2.34. The number of piperazine rings is 1. The van der Waals surface area contributed by atoms with Crippen LogP contribution in [0.25, 0.3) is 6.08 Å². The van der Waals surface area contributed by atoms with Gasteiger partial charge in [0.1, 0.15) is 10.9 Å². The van der Waals surface area contributed by atoms with Gasteiger partial charge in [0.2, 0.25) is 5.91 Å². The van der Waals surface area contributed by atoms with Crippen LogP contribution in [0.15, 0.2) is 77.7 Å². The molecule has 0 aliphatic carbocycles. The highest BCUT2D eigenvalue weighted by atomic mass is 32.2. The van der Waals surface area contributed by atoms with Crippen LogP contribution in [0.5, 0.6) is 0 Å². The van der Waals surface area contributed by atoms with Crippen LogP contribution in [-0.2, 0) is 9.59 Å². The van der Waals surface area contributed by atoms with Crippen molar-refractivity contribution >= 4 is 51.9 Å². The van der Waals surface area contributed by atoms with Crippen molar-refractivity contribution in [2.45, 2.75) is 0 Å². The van der Waals surface area contributed by atoms with Crippen molar-refractivity contribution in [3.8, 4) is 0 Å². The first-order valence-electron chi connectivity index (χ1n) is 10.2. The lowest BCUT2D eigenvalue weighted by Crippen LogP contribution is -2.51. The molecular formula is C24H23N3O2S2. The van der Waals surface area contributed by atoms with Gasteiger partial charge in [-0.05, 0) is 23.8 Å². The second-order valence-electron chi connectivity index (χ2n) is 7.26. The summed E-state index contributed by atoms with van der Waals surface area (Å²) in [6, 6.07) is 20.1. The Kier molecular flexibility index (Phi) is 6.84. The summed E-state index contributed by atoms with van der Waals surface area (Å²) >= 11 is 6.61. The number of allylic oxidation sites excluding steroid dienone is 2. The quantitative estimate of drug-likeness (QED) is 0.513. The summed E-state index contributed by atoms with van der Waals surface area (Å²) in [6.07, 6.45) is 5.53. The topological polar surface area (TPSA) is 43.9 Å². The Hall–Kier alpha value is -2.90. The van der Waals surface area contributed by atoms with Crippen LogP contribution in [0.4, 0.5) is 5.69 Å². The van der Waals surface area contributed by atoms with Gasteiger partial charge in [-0.3, -0.25) is 14.5 Å². The van der Waals surface area contributed by atoms with Crippen LogP contribution in [0.1, 0.15) is 5.56 Å². The number of thiocarbonyl (C=S) groups is 1. The number of carbonyl (C=O) groups is 2. The summed E-state index contributed by atoms with van der Waals surface area (Å²) in [6.45, 7) is 2.82. The van der Waals surface area contributed by atoms with E-state index in [1.54, 1.807) is 6.08 Å². The van der Waals surface area contributed by atoms with E-state index in [4.69, 9.17) is 12.2 Å². The first-order chi connectivity index (χ1) is 15.1. The van der Waals surface area contributed by atoms with Crippen LogP contribution in [0.2, 0.25) is 0 Å². The summed E-state index contributed by atoms with van der Waals surface area (Å²) in [7, 11) is 0. The summed E-state index contributed by atoms with van der Waals surface area (Å²) in [5.41, 5.74) is 2.22. The molecule has 0 unspecified atom stereocenters. The van der Waals surface area contributed by atoms with Gasteiger partial charge in [-0.15, -0.1) is 0 Å². The fourth-order valence-electron chi connectivity index (χ4n) is 3.55. The lowest BCUT2D eigenvalue weighted by molar-refractivity contribution is -0.135. The molecule has 0 aromatic heterocycles. The van der Waals surface area contributed by atoms with Crippen LogP contribution in [0, 0.1) is 0 Å². The molecule has 2 saturated heterocycles. The van der Waals surface area contributed by atoms with Gasteiger partial charge in [0.15, 0.2) is 0 Å². The minimum absolute atomic E-state index is 0.00422. The molecule has 2 aliphatic heterocycles. The van der Waals surface area contributed by atoms with E-state index in [0.29, 0.717) is 22.3 Å². The standard InChI is InChI=1S/C24H23N3O2S2/c28-22(26-16-14-25(15-17-26)20-11-5-2-6-12-20)18-27-23(29)21(31-24(27)30)13-7-10-19-8-3-1-4-9-19/h1-13H,14-18H2/b10-7+,21-13-. The van der Waals surface area contributed by atoms with Crippen LogP contribution >= 0.6 is 24.0 Å². The second-order valence-corrected chi connectivity index (χ2v) is 8.94. The zero-order chi connectivity index (χ0) is 21.6. The van der Waals surface area contributed by atoms with Gasteiger partial charge in [0.25, 0.3) is 5.91 Å². The minimum atomic E-state index is -0.205. The normalized spacial score (nSPS) is 18.5. The predicted molar refractivity (Wildman–Crippen MR) is 131 cm³/mol. The largest absolute Gasteiger partial charge is 0.368 e. The fraction of sp³-hybridized carbons (Fsp3) is 0.208. The van der Waals surface area contributed by atoms with Crippen molar-refractivity contribution < 1.29 is 9.59 Å². The van der Waals surface area contributed by atoms with Gasteiger partial charge < -0.3 is 9.80 Å². The number of rotatable bonds is 5. The maximum atomic E-state index is 12.8. The molecule has 7 heteroatoms. The molecule has 0 bridgehead atoms. The molecule has 0 atom stereocenters. The van der Waals surface area contributed by atoms with Crippen molar-refractivity contribution in [2.24, 2.45) is 0 Å². The Morgan fingerprint density at radius 3 is 2.29 bits per heavy atom. The average molecular weight is 450 g/mol. The van der Waals surface area contributed by atoms with E-state index in [1.807, 2.05) is 65.6 Å². The molecule has 2 amide bonds. The average Bonchev–Trinajstić information content (AvgIpc) is 3.08. The van der Waals surface area contributed by atoms with Gasteiger partial charge in [-0.1, -0.05) is 84.7 Å². The van der Waals surface area contributed by atoms with Gasteiger partial charge in [0.05, 0.1) is 4.91 Å². The molecular weight excluding hydrogens is 426 g/mol. The number of hydrogen-bond donors (Lipinski definition) is 0. The van der Waals surface area contributed by atoms with E-state index in [-0.39, 0.29) is 18.4 Å². The SMILES string of the molecule is O=C(CN1C(=O)/C(=C/C=C/c2ccccc2)SC1=S)N1CCN(c2ccccc2)CC1. The van der Waals surface area contributed by atoms with Gasteiger partial charge >= 0.3 is 0 Å². The Bertz CT molecular complexity index is 1010. The zero-order valence-electron chi connectivity index (χ0n) is 17.0. The van der Waals surface area contributed by atoms with E-state index in [1.165, 1.54) is 22.3 Å². The minimum Gasteiger partial charge on any atom is -0.368 e. The van der Waals surface area contributed by atoms with Gasteiger partial charge in [-0.25, -0.2) is 0 Å². The van der Waals surface area contributed by atoms with Crippen molar-refractivity contribution in [2.75, 3.05) is 37.6 Å². The molecule has 31 heavy (non-hydrogen) atoms. The number of thioether (sulfide) groups is 1. The molecule has 2 fully saturated rings. The number of nitrogens with zero attached hydrogens (tertiary/aromatic N) is 3. The van der Waals surface area contributed by atoms with E-state index < -0.39 is 0 Å². The van der Waals surface area contributed by atoms with Crippen molar-refractivity contribution in [3.63, 3.8) is 0 Å². The van der Waals surface area contributed by atoms with Crippen molar-refractivity contribution in [1.29, 1.82) is 0 Å². The first kappa shape index (κ1) is 21.3. The molecule has 2 aromatic rings. The lowest BCUT2D eigenvalue weighted by Gasteiger charge is -2.36. The molecule has 0 saturated carbocycles. The Balaban J connectivity index is 1.32. The smallest absolute Gasteiger partial charge is 0.266 e. The van der Waals surface area contributed by atoms with E-state index in [0.717, 1.165) is 18.7 Å². The highest BCUT2D eigenvalue weighted by molar-refractivity contribution is 8.26. The molecule has 0 radical (unpaired) electrons. The monoisotopic (exact) mass is 449 g/mol. The molecule has 4 rings (SSSR count). The summed E-state index contributed by atoms with van der Waals surface area (Å²) in [4.78, 5) is 31.6. The third kappa shape index (κ3) is 5.24. The number of amides is 2. The number of hydrogen-bond acceptors (Lipinski definition) is 5. The summed E-state index contributed by atoms with van der Waals surface area (Å²) < 4.78 is 0.431. The third-order valence-corrected chi connectivity index (χ3v) is 6.65. The van der Waals surface area contributed by atoms with Crippen LogP contribution in [-0.4, -0.2) is 58.7 Å². The molecule has 158 valence electrons. The predicted octanol–water partition coefficient (Wildman–Crippen LogP) is 3.79. The Labute approximate surface area is 192 Å². The van der Waals surface area contributed by atoms with Crippen LogP contribution in [0.3, 0.4) is 0 Å². The Morgan fingerprint density at radius 1 is 0.968 bits per heavy atom. The second kappa shape index (κ2) is 9.94. The number of benzene rings is 2. The summed E-state index contributed by atoms with van der Waals surface area (Å²) in [5.74, 6) is -0.269. The van der Waals surface area contributed by atoms with E-state index in [9.17, 15) is 9.59 Å². The summed E-state index contributed by atoms with van der Waals surface area (Å²) in [5, 5.41) is 0. The van der Waals surface area contributed by atoms with Gasteiger partial charge in [-0.2, -0.15) is 0 Å². The third-order valence-electron chi connectivity index (χ3n) is 5.26. The molecule has 0 spiro atoms. The molecule has 2 aromatic carbocycles. The van der Waals surface area contributed by atoms with Crippen LogP contribution < -0.4 is 4.90 Å². The highest BCUT2D eigenvalue weighted by Crippen LogP contribution is 2.31. The van der Waals surface area contributed by atoms with Gasteiger partial charge in [0, 0.05) is 31.9 Å². The number of carbonyl (C=O) groups excluding carboxylic acids is 2. The van der Waals surface area contributed by atoms with Crippen molar-refractivity contribution in [1.82, 2.24) is 9.80 Å². The number of para-hydroxylation sites is 1. The van der Waals surface area contributed by atoms with E-state index >= 15 is 0 Å². The van der Waals surface area contributed by atoms with E-state index in [2.05, 4.69) is 17.0 Å². The maximum absolute atomic E-state index is 12.8. The molecule has 2 heterocycles. The zero-order valence-corrected chi connectivity index (χ0v) is 18.6. The lowest BCUT2D eigenvalue weighted by atomic mass is 10.2. The molecule has 2 aliphatic rings. The Morgan fingerprint density at radius 2 is 1.61 bits per heavy atom. The fourth-order valence-corrected chi connectivity index (χ4v) is 4.76. The molecule has 5 nitrogen and oxygen atoms in total. The number of anilines is 1. The maximum Gasteiger partial charge on any atom is 0.266 e. The molecule has 0 N–H and O–H groups in total.